The number of benzene rings is 2. The standard InChI is InChI=1S/C19H12Cl2N4O/c20-14-6-15(21)8-17(7-14)25-19(26)13-5-18(11-23-10-13)24-16-3-1-2-12(4-16)9-22/h1-8,10-11,24H,(H,25,26). The Balaban J connectivity index is 1.77. The summed E-state index contributed by atoms with van der Waals surface area (Å²) >= 11 is 11.9. The normalized spacial score (nSPS) is 10.0. The van der Waals surface area contributed by atoms with Gasteiger partial charge in [-0.25, -0.2) is 0 Å². The molecule has 128 valence electrons. The molecule has 0 bridgehead atoms. The largest absolute Gasteiger partial charge is 0.354 e. The number of nitrogens with one attached hydrogen (secondary N) is 2. The number of hydrogen-bond donors (Lipinski definition) is 2. The number of carbonyl (C=O) groups excluding carboxylic acids is 1. The molecule has 1 aromatic heterocycles. The third kappa shape index (κ3) is 4.51. The lowest BCUT2D eigenvalue weighted by molar-refractivity contribution is 0.102. The van der Waals surface area contributed by atoms with Gasteiger partial charge in [-0.05, 0) is 42.5 Å². The maximum atomic E-state index is 12.4. The molecule has 0 radical (unpaired) electrons. The quantitative estimate of drug-likeness (QED) is 0.645. The third-order valence-electron chi connectivity index (χ3n) is 3.40. The predicted octanol–water partition coefficient (Wildman–Crippen LogP) is 5.26. The van der Waals surface area contributed by atoms with Crippen molar-refractivity contribution in [3.05, 3.63) is 82.1 Å². The fraction of sp³-hybridized carbons (Fsp3) is 0. The molecule has 0 aliphatic heterocycles. The molecule has 2 aromatic carbocycles. The van der Waals surface area contributed by atoms with Crippen LogP contribution in [0.5, 0.6) is 0 Å². The van der Waals surface area contributed by atoms with Crippen molar-refractivity contribution in [2.24, 2.45) is 0 Å². The lowest BCUT2D eigenvalue weighted by atomic mass is 10.2. The van der Waals surface area contributed by atoms with E-state index in [0.29, 0.717) is 32.5 Å². The number of pyridine rings is 1. The van der Waals surface area contributed by atoms with Crippen LogP contribution >= 0.6 is 23.2 Å². The minimum atomic E-state index is -0.342. The van der Waals surface area contributed by atoms with Crippen LogP contribution in [0.15, 0.2) is 60.9 Å². The first kappa shape index (κ1) is 17.7. The molecule has 7 heteroatoms. The van der Waals surface area contributed by atoms with Crippen LogP contribution in [0.25, 0.3) is 0 Å². The molecular weight excluding hydrogens is 371 g/mol. The summed E-state index contributed by atoms with van der Waals surface area (Å²) in [6.45, 7) is 0. The molecule has 0 spiro atoms. The molecule has 5 nitrogen and oxygen atoms in total. The van der Waals surface area contributed by atoms with Gasteiger partial charge in [-0.15, -0.1) is 0 Å². The second kappa shape index (κ2) is 7.87. The zero-order valence-corrected chi connectivity index (χ0v) is 14.8. The number of carbonyl (C=O) groups is 1. The van der Waals surface area contributed by atoms with Gasteiger partial charge in [0.2, 0.25) is 0 Å². The van der Waals surface area contributed by atoms with Gasteiger partial charge in [0.25, 0.3) is 5.91 Å². The number of rotatable bonds is 4. The highest BCUT2D eigenvalue weighted by Gasteiger charge is 2.09. The number of anilines is 3. The van der Waals surface area contributed by atoms with Crippen molar-refractivity contribution in [3.8, 4) is 6.07 Å². The van der Waals surface area contributed by atoms with E-state index in [4.69, 9.17) is 28.5 Å². The van der Waals surface area contributed by atoms with E-state index < -0.39 is 0 Å². The van der Waals surface area contributed by atoms with Crippen LogP contribution in [0.2, 0.25) is 10.0 Å². The van der Waals surface area contributed by atoms with E-state index in [1.54, 1.807) is 48.7 Å². The molecule has 0 saturated heterocycles. The van der Waals surface area contributed by atoms with Crippen LogP contribution in [0, 0.1) is 11.3 Å². The van der Waals surface area contributed by atoms with Crippen molar-refractivity contribution in [2.75, 3.05) is 10.6 Å². The monoisotopic (exact) mass is 382 g/mol. The van der Waals surface area contributed by atoms with E-state index in [1.807, 2.05) is 6.07 Å². The molecule has 0 aliphatic carbocycles. The third-order valence-corrected chi connectivity index (χ3v) is 3.84. The second-order valence-corrected chi connectivity index (χ2v) is 6.27. The van der Waals surface area contributed by atoms with Crippen molar-refractivity contribution >= 4 is 46.2 Å². The first-order valence-electron chi connectivity index (χ1n) is 7.53. The van der Waals surface area contributed by atoms with Crippen LogP contribution < -0.4 is 10.6 Å². The SMILES string of the molecule is N#Cc1cccc(Nc2cncc(C(=O)Nc3cc(Cl)cc(Cl)c3)c2)c1. The van der Waals surface area contributed by atoms with E-state index >= 15 is 0 Å². The molecule has 0 unspecified atom stereocenters. The van der Waals surface area contributed by atoms with E-state index in [2.05, 4.69) is 21.7 Å². The zero-order valence-electron chi connectivity index (χ0n) is 13.3. The molecule has 3 aromatic rings. The Morgan fingerprint density at radius 2 is 1.73 bits per heavy atom. The Labute approximate surface area is 160 Å². The highest BCUT2D eigenvalue weighted by atomic mass is 35.5. The van der Waals surface area contributed by atoms with Gasteiger partial charge in [-0.2, -0.15) is 5.26 Å². The van der Waals surface area contributed by atoms with Crippen LogP contribution in [0.1, 0.15) is 15.9 Å². The van der Waals surface area contributed by atoms with E-state index in [1.165, 1.54) is 6.20 Å². The average molecular weight is 383 g/mol. The summed E-state index contributed by atoms with van der Waals surface area (Å²) in [6, 6.07) is 15.5. The van der Waals surface area contributed by atoms with Gasteiger partial charge in [0.05, 0.1) is 29.1 Å². The van der Waals surface area contributed by atoms with E-state index in [0.717, 1.165) is 5.69 Å². The lowest BCUT2D eigenvalue weighted by Crippen LogP contribution is -2.12. The molecular formula is C19H12Cl2N4O. The highest BCUT2D eigenvalue weighted by Crippen LogP contribution is 2.23. The average Bonchev–Trinajstić information content (AvgIpc) is 2.61. The van der Waals surface area contributed by atoms with Gasteiger partial charge in [0, 0.05) is 27.6 Å². The van der Waals surface area contributed by atoms with Crippen LogP contribution in [0.3, 0.4) is 0 Å². The molecule has 1 heterocycles. The van der Waals surface area contributed by atoms with Crippen molar-refractivity contribution in [3.63, 3.8) is 0 Å². The van der Waals surface area contributed by atoms with Gasteiger partial charge in [-0.3, -0.25) is 9.78 Å². The Morgan fingerprint density at radius 1 is 0.962 bits per heavy atom. The molecule has 1 amide bonds. The molecule has 2 N–H and O–H groups in total. The molecule has 0 aliphatic rings. The predicted molar refractivity (Wildman–Crippen MR) is 103 cm³/mol. The second-order valence-electron chi connectivity index (χ2n) is 5.39. The smallest absolute Gasteiger partial charge is 0.257 e. The summed E-state index contributed by atoms with van der Waals surface area (Å²) in [4.78, 5) is 16.5. The van der Waals surface area contributed by atoms with Crippen LogP contribution in [-0.2, 0) is 0 Å². The Kier molecular flexibility index (Phi) is 5.37. The maximum Gasteiger partial charge on any atom is 0.257 e. The van der Waals surface area contributed by atoms with Gasteiger partial charge in [0.15, 0.2) is 0 Å². The van der Waals surface area contributed by atoms with Gasteiger partial charge < -0.3 is 10.6 Å². The number of nitriles is 1. The minimum Gasteiger partial charge on any atom is -0.354 e. The highest BCUT2D eigenvalue weighted by molar-refractivity contribution is 6.35. The Morgan fingerprint density at radius 3 is 2.46 bits per heavy atom. The summed E-state index contributed by atoms with van der Waals surface area (Å²) in [7, 11) is 0. The molecule has 3 rings (SSSR count). The summed E-state index contributed by atoms with van der Waals surface area (Å²) < 4.78 is 0. The summed E-state index contributed by atoms with van der Waals surface area (Å²) in [5.41, 5.74) is 2.74. The number of nitrogens with zero attached hydrogens (tertiary/aromatic N) is 2. The molecule has 0 fully saturated rings. The summed E-state index contributed by atoms with van der Waals surface area (Å²) in [5.74, 6) is -0.342. The fourth-order valence-corrected chi connectivity index (χ4v) is 2.82. The van der Waals surface area contributed by atoms with Crippen molar-refractivity contribution in [1.29, 1.82) is 5.26 Å². The van der Waals surface area contributed by atoms with Gasteiger partial charge >= 0.3 is 0 Å². The molecule has 0 saturated carbocycles. The summed E-state index contributed by atoms with van der Waals surface area (Å²) in [6.07, 6.45) is 3.05. The van der Waals surface area contributed by atoms with Gasteiger partial charge in [0.1, 0.15) is 0 Å². The number of aromatic nitrogens is 1. The first-order valence-corrected chi connectivity index (χ1v) is 8.29. The van der Waals surface area contributed by atoms with Crippen LogP contribution in [0.4, 0.5) is 17.1 Å². The Bertz CT molecular complexity index is 994. The number of halogens is 2. The van der Waals surface area contributed by atoms with Crippen molar-refractivity contribution < 1.29 is 4.79 Å². The van der Waals surface area contributed by atoms with Crippen LogP contribution in [-0.4, -0.2) is 10.9 Å². The minimum absolute atomic E-state index is 0.342. The number of hydrogen-bond acceptors (Lipinski definition) is 4. The van der Waals surface area contributed by atoms with Gasteiger partial charge in [-0.1, -0.05) is 29.3 Å². The fourth-order valence-electron chi connectivity index (χ4n) is 2.29. The maximum absolute atomic E-state index is 12.4. The van der Waals surface area contributed by atoms with Crippen molar-refractivity contribution in [2.45, 2.75) is 0 Å². The van der Waals surface area contributed by atoms with E-state index in [-0.39, 0.29) is 5.91 Å². The topological polar surface area (TPSA) is 77.8 Å². The molecule has 26 heavy (non-hydrogen) atoms. The lowest BCUT2D eigenvalue weighted by Gasteiger charge is -2.09. The number of amides is 1. The summed E-state index contributed by atoms with van der Waals surface area (Å²) in [5, 5.41) is 15.7. The zero-order chi connectivity index (χ0) is 18.5. The Hall–Kier alpha value is -3.07. The first-order chi connectivity index (χ1) is 12.5. The molecule has 0 atom stereocenters. The van der Waals surface area contributed by atoms with E-state index in [9.17, 15) is 4.79 Å². The van der Waals surface area contributed by atoms with Crippen molar-refractivity contribution in [1.82, 2.24) is 4.98 Å².